The number of benzene rings is 2. The number of nitrogens with one attached hydrogen (secondary N) is 1. The Kier molecular flexibility index (Phi) is 3.93. The molecular formula is C18H20N2O. The molecule has 2 aromatic carbocycles. The van der Waals surface area contributed by atoms with E-state index < -0.39 is 0 Å². The third-order valence-corrected chi connectivity index (χ3v) is 3.77. The molecular weight excluding hydrogens is 260 g/mol. The number of hydrogen-bond acceptors (Lipinski definition) is 2. The Labute approximate surface area is 125 Å². The summed E-state index contributed by atoms with van der Waals surface area (Å²) in [5.41, 5.74) is 4.88. The van der Waals surface area contributed by atoms with Gasteiger partial charge in [-0.3, -0.25) is 0 Å². The molecule has 1 aromatic heterocycles. The predicted molar refractivity (Wildman–Crippen MR) is 87.4 cm³/mol. The van der Waals surface area contributed by atoms with Crippen molar-refractivity contribution in [2.75, 3.05) is 12.4 Å². The Bertz CT molecular complexity index is 746. The molecule has 1 heterocycles. The fourth-order valence-corrected chi connectivity index (χ4v) is 2.73. The van der Waals surface area contributed by atoms with Gasteiger partial charge in [-0.25, -0.2) is 0 Å². The van der Waals surface area contributed by atoms with Crippen molar-refractivity contribution in [1.29, 1.82) is 0 Å². The Morgan fingerprint density at radius 2 is 1.76 bits per heavy atom. The van der Waals surface area contributed by atoms with E-state index in [9.17, 15) is 0 Å². The van der Waals surface area contributed by atoms with Gasteiger partial charge in [-0.15, -0.1) is 0 Å². The lowest BCUT2D eigenvalue weighted by molar-refractivity contribution is 0.185. The Morgan fingerprint density at radius 1 is 1.00 bits per heavy atom. The van der Waals surface area contributed by atoms with E-state index in [0.717, 1.165) is 12.2 Å². The number of anilines is 1. The molecule has 0 saturated heterocycles. The minimum absolute atomic E-state index is 0.624. The molecule has 21 heavy (non-hydrogen) atoms. The maximum absolute atomic E-state index is 5.25. The van der Waals surface area contributed by atoms with E-state index in [-0.39, 0.29) is 0 Å². The van der Waals surface area contributed by atoms with Gasteiger partial charge in [-0.1, -0.05) is 36.4 Å². The molecule has 0 spiro atoms. The van der Waals surface area contributed by atoms with Crippen LogP contribution >= 0.6 is 0 Å². The second-order valence-electron chi connectivity index (χ2n) is 5.23. The fraction of sp³-hybridized carbons (Fsp3) is 0.222. The number of para-hydroxylation sites is 2. The van der Waals surface area contributed by atoms with Crippen LogP contribution < -0.4 is 5.32 Å². The van der Waals surface area contributed by atoms with Crippen molar-refractivity contribution in [3.8, 4) is 0 Å². The normalized spacial score (nSPS) is 11.0. The molecule has 0 aliphatic heterocycles. The van der Waals surface area contributed by atoms with E-state index in [1.54, 1.807) is 7.11 Å². The van der Waals surface area contributed by atoms with Crippen LogP contribution in [0.4, 0.5) is 5.69 Å². The number of ether oxygens (including phenoxy) is 1. The lowest BCUT2D eigenvalue weighted by Gasteiger charge is -2.11. The van der Waals surface area contributed by atoms with E-state index in [1.807, 2.05) is 12.1 Å². The van der Waals surface area contributed by atoms with Gasteiger partial charge in [0.25, 0.3) is 0 Å². The van der Waals surface area contributed by atoms with E-state index >= 15 is 0 Å². The van der Waals surface area contributed by atoms with Crippen LogP contribution in [0.5, 0.6) is 0 Å². The third-order valence-electron chi connectivity index (χ3n) is 3.77. The van der Waals surface area contributed by atoms with E-state index in [0.29, 0.717) is 6.61 Å². The summed E-state index contributed by atoms with van der Waals surface area (Å²) in [7, 11) is 3.81. The first-order valence-electron chi connectivity index (χ1n) is 7.13. The molecule has 108 valence electrons. The monoisotopic (exact) mass is 280 g/mol. The Morgan fingerprint density at radius 3 is 2.62 bits per heavy atom. The number of rotatable bonds is 5. The average molecular weight is 280 g/mol. The van der Waals surface area contributed by atoms with Gasteiger partial charge in [0.1, 0.15) is 0 Å². The zero-order valence-electron chi connectivity index (χ0n) is 12.5. The smallest absolute Gasteiger partial charge is 0.0733 e. The molecule has 0 radical (unpaired) electrons. The van der Waals surface area contributed by atoms with Gasteiger partial charge in [-0.2, -0.15) is 0 Å². The van der Waals surface area contributed by atoms with E-state index in [2.05, 4.69) is 59.5 Å². The van der Waals surface area contributed by atoms with Crippen molar-refractivity contribution in [1.82, 2.24) is 4.57 Å². The first-order chi connectivity index (χ1) is 10.3. The summed E-state index contributed by atoms with van der Waals surface area (Å²) >= 11 is 0. The maximum atomic E-state index is 5.25. The highest BCUT2D eigenvalue weighted by molar-refractivity contribution is 5.84. The topological polar surface area (TPSA) is 26.2 Å². The van der Waals surface area contributed by atoms with Crippen LogP contribution in [0.1, 0.15) is 11.1 Å². The summed E-state index contributed by atoms with van der Waals surface area (Å²) in [5, 5.41) is 4.83. The van der Waals surface area contributed by atoms with Crippen molar-refractivity contribution in [3.05, 3.63) is 65.9 Å². The molecule has 0 unspecified atom stereocenters. The molecule has 3 rings (SSSR count). The molecule has 3 heteroatoms. The predicted octanol–water partition coefficient (Wildman–Crippen LogP) is 3.94. The van der Waals surface area contributed by atoms with Crippen LogP contribution in [0, 0.1) is 0 Å². The summed E-state index contributed by atoms with van der Waals surface area (Å²) in [6.07, 6.45) is 2.19. The minimum Gasteiger partial charge on any atom is -0.381 e. The second kappa shape index (κ2) is 6.02. The first-order valence-corrected chi connectivity index (χ1v) is 7.13. The summed E-state index contributed by atoms with van der Waals surface area (Å²) in [4.78, 5) is 0. The number of hydrogen-bond donors (Lipinski definition) is 1. The Hall–Kier alpha value is -2.26. The number of nitrogens with zero attached hydrogens (tertiary/aromatic N) is 1. The molecule has 1 N–H and O–H groups in total. The summed E-state index contributed by atoms with van der Waals surface area (Å²) in [6.45, 7) is 1.43. The van der Waals surface area contributed by atoms with Gasteiger partial charge in [0.2, 0.25) is 0 Å². The van der Waals surface area contributed by atoms with Gasteiger partial charge >= 0.3 is 0 Å². The molecule has 3 aromatic rings. The molecule has 0 bridgehead atoms. The van der Waals surface area contributed by atoms with Crippen LogP contribution in [0.2, 0.25) is 0 Å². The van der Waals surface area contributed by atoms with Crippen molar-refractivity contribution in [2.45, 2.75) is 13.2 Å². The summed E-state index contributed by atoms with van der Waals surface area (Å²) in [5.74, 6) is 0. The van der Waals surface area contributed by atoms with Crippen LogP contribution in [-0.4, -0.2) is 11.7 Å². The highest BCUT2D eigenvalue weighted by atomic mass is 16.5. The average Bonchev–Trinajstić information content (AvgIpc) is 2.84. The minimum atomic E-state index is 0.624. The molecule has 0 amide bonds. The molecule has 0 fully saturated rings. The first kappa shape index (κ1) is 13.7. The number of aromatic nitrogens is 1. The second-order valence-corrected chi connectivity index (χ2v) is 5.23. The van der Waals surface area contributed by atoms with Gasteiger partial charge < -0.3 is 14.6 Å². The highest BCUT2D eigenvalue weighted by Crippen LogP contribution is 2.22. The van der Waals surface area contributed by atoms with Crippen molar-refractivity contribution in [2.24, 2.45) is 7.05 Å². The van der Waals surface area contributed by atoms with Crippen LogP contribution in [0.25, 0.3) is 10.9 Å². The van der Waals surface area contributed by atoms with Crippen molar-refractivity contribution < 1.29 is 4.74 Å². The van der Waals surface area contributed by atoms with Gasteiger partial charge in [0.05, 0.1) is 6.61 Å². The van der Waals surface area contributed by atoms with Gasteiger partial charge in [-0.05, 0) is 17.7 Å². The highest BCUT2D eigenvalue weighted by Gasteiger charge is 2.06. The fourth-order valence-electron chi connectivity index (χ4n) is 2.73. The van der Waals surface area contributed by atoms with E-state index in [4.69, 9.17) is 4.74 Å². The third kappa shape index (κ3) is 2.78. The van der Waals surface area contributed by atoms with Crippen LogP contribution in [-0.2, 0) is 24.9 Å². The SMILES string of the molecule is COCc1ccccc1NCc1cn(C)c2ccccc12. The van der Waals surface area contributed by atoms with Crippen LogP contribution in [0.3, 0.4) is 0 Å². The van der Waals surface area contributed by atoms with Gasteiger partial charge in [0.15, 0.2) is 0 Å². The molecule has 3 nitrogen and oxygen atoms in total. The quantitative estimate of drug-likeness (QED) is 0.766. The molecule has 0 aliphatic rings. The zero-order valence-corrected chi connectivity index (χ0v) is 12.5. The van der Waals surface area contributed by atoms with Gasteiger partial charge in [0, 0.05) is 49.1 Å². The van der Waals surface area contributed by atoms with Crippen LogP contribution in [0.15, 0.2) is 54.7 Å². The lowest BCUT2D eigenvalue weighted by Crippen LogP contribution is -2.02. The largest absolute Gasteiger partial charge is 0.381 e. The molecule has 0 atom stereocenters. The van der Waals surface area contributed by atoms with E-state index in [1.165, 1.54) is 22.0 Å². The number of methoxy groups -OCH3 is 1. The number of fused-ring (bicyclic) bond motifs is 1. The van der Waals surface area contributed by atoms with Crippen molar-refractivity contribution in [3.63, 3.8) is 0 Å². The summed E-state index contributed by atoms with van der Waals surface area (Å²) < 4.78 is 7.42. The standard InChI is InChI=1S/C18H20N2O/c1-20-12-15(16-8-4-6-10-18(16)20)11-19-17-9-5-3-7-14(17)13-21-2/h3-10,12,19H,11,13H2,1-2H3. The summed E-state index contributed by atoms with van der Waals surface area (Å²) in [6, 6.07) is 16.8. The zero-order chi connectivity index (χ0) is 14.7. The maximum Gasteiger partial charge on any atom is 0.0733 e. The lowest BCUT2D eigenvalue weighted by atomic mass is 10.1. The van der Waals surface area contributed by atoms with Crippen molar-refractivity contribution >= 4 is 16.6 Å². The Balaban J connectivity index is 1.84. The number of aryl methyl sites for hydroxylation is 1. The molecule has 0 aliphatic carbocycles. The molecule has 0 saturated carbocycles.